The standard InChI is InChI=1S/C11H18N4O/c1-8-6-10(15-14-8)11(16)13-7-9-2-4-12-5-3-9/h6,9,12H,2-5,7H2,1H3,(H,13,16)(H,14,15). The lowest BCUT2D eigenvalue weighted by atomic mass is 9.98. The topological polar surface area (TPSA) is 69.8 Å². The van der Waals surface area contributed by atoms with Crippen LogP contribution in [0.1, 0.15) is 29.0 Å². The lowest BCUT2D eigenvalue weighted by molar-refractivity contribution is 0.0939. The third-order valence-corrected chi connectivity index (χ3v) is 2.95. The van der Waals surface area contributed by atoms with Crippen molar-refractivity contribution in [1.29, 1.82) is 0 Å². The molecular weight excluding hydrogens is 204 g/mol. The summed E-state index contributed by atoms with van der Waals surface area (Å²) in [6.07, 6.45) is 2.28. The van der Waals surface area contributed by atoms with Gasteiger partial charge in [-0.1, -0.05) is 0 Å². The minimum atomic E-state index is -0.0807. The highest BCUT2D eigenvalue weighted by molar-refractivity contribution is 5.92. The normalized spacial score (nSPS) is 17.3. The minimum absolute atomic E-state index is 0.0807. The van der Waals surface area contributed by atoms with Gasteiger partial charge in [-0.3, -0.25) is 9.89 Å². The lowest BCUT2D eigenvalue weighted by Crippen LogP contribution is -2.36. The number of H-pyrrole nitrogens is 1. The number of hydrogen-bond donors (Lipinski definition) is 3. The van der Waals surface area contributed by atoms with Gasteiger partial charge in [0.25, 0.3) is 5.91 Å². The van der Waals surface area contributed by atoms with E-state index in [4.69, 9.17) is 0 Å². The number of aryl methyl sites for hydroxylation is 1. The maximum absolute atomic E-state index is 11.7. The molecule has 5 heteroatoms. The summed E-state index contributed by atoms with van der Waals surface area (Å²) in [6, 6.07) is 1.76. The van der Waals surface area contributed by atoms with Gasteiger partial charge in [0.1, 0.15) is 5.69 Å². The third kappa shape index (κ3) is 2.82. The van der Waals surface area contributed by atoms with E-state index in [0.717, 1.165) is 38.2 Å². The van der Waals surface area contributed by atoms with E-state index < -0.39 is 0 Å². The molecule has 0 atom stereocenters. The Morgan fingerprint density at radius 1 is 1.56 bits per heavy atom. The highest BCUT2D eigenvalue weighted by Crippen LogP contribution is 2.10. The molecule has 3 N–H and O–H groups in total. The Hall–Kier alpha value is -1.36. The number of carbonyl (C=O) groups is 1. The van der Waals surface area contributed by atoms with Gasteiger partial charge in [0.2, 0.25) is 0 Å². The zero-order valence-corrected chi connectivity index (χ0v) is 9.55. The number of aromatic amines is 1. The third-order valence-electron chi connectivity index (χ3n) is 2.95. The number of amides is 1. The van der Waals surface area contributed by atoms with Gasteiger partial charge < -0.3 is 10.6 Å². The highest BCUT2D eigenvalue weighted by Gasteiger charge is 2.15. The van der Waals surface area contributed by atoms with Crippen molar-refractivity contribution in [3.05, 3.63) is 17.5 Å². The fraction of sp³-hybridized carbons (Fsp3) is 0.636. The van der Waals surface area contributed by atoms with Crippen LogP contribution in [0.2, 0.25) is 0 Å². The van der Waals surface area contributed by atoms with Crippen LogP contribution in [0.3, 0.4) is 0 Å². The molecule has 1 aromatic rings. The van der Waals surface area contributed by atoms with Gasteiger partial charge in [0.05, 0.1) is 0 Å². The molecule has 1 aliphatic rings. The van der Waals surface area contributed by atoms with Gasteiger partial charge in [-0.15, -0.1) is 0 Å². The molecule has 5 nitrogen and oxygen atoms in total. The van der Waals surface area contributed by atoms with E-state index in [0.29, 0.717) is 11.6 Å². The van der Waals surface area contributed by atoms with Gasteiger partial charge in [-0.05, 0) is 44.8 Å². The van der Waals surface area contributed by atoms with Crippen LogP contribution in [0.5, 0.6) is 0 Å². The molecule has 0 radical (unpaired) electrons. The second-order valence-corrected chi connectivity index (χ2v) is 4.34. The summed E-state index contributed by atoms with van der Waals surface area (Å²) >= 11 is 0. The molecule has 0 aromatic carbocycles. The molecule has 0 unspecified atom stereocenters. The summed E-state index contributed by atoms with van der Waals surface area (Å²) in [4.78, 5) is 11.7. The SMILES string of the molecule is Cc1cc(C(=O)NCC2CCNCC2)n[nH]1. The predicted octanol–water partition coefficient (Wildman–Crippen LogP) is 0.448. The van der Waals surface area contributed by atoms with E-state index in [2.05, 4.69) is 20.8 Å². The zero-order valence-electron chi connectivity index (χ0n) is 9.55. The van der Waals surface area contributed by atoms with E-state index in [1.54, 1.807) is 6.07 Å². The summed E-state index contributed by atoms with van der Waals surface area (Å²) in [7, 11) is 0. The van der Waals surface area contributed by atoms with Gasteiger partial charge in [-0.25, -0.2) is 0 Å². The number of carbonyl (C=O) groups excluding carboxylic acids is 1. The Morgan fingerprint density at radius 2 is 2.31 bits per heavy atom. The van der Waals surface area contributed by atoms with Crippen LogP contribution in [-0.2, 0) is 0 Å². The minimum Gasteiger partial charge on any atom is -0.350 e. The summed E-state index contributed by atoms with van der Waals surface area (Å²) in [5, 5.41) is 12.9. The maximum Gasteiger partial charge on any atom is 0.271 e. The molecule has 1 aliphatic heterocycles. The molecule has 1 saturated heterocycles. The van der Waals surface area contributed by atoms with Gasteiger partial charge in [0, 0.05) is 12.2 Å². The van der Waals surface area contributed by atoms with Crippen molar-refractivity contribution in [1.82, 2.24) is 20.8 Å². The smallest absolute Gasteiger partial charge is 0.271 e. The molecule has 0 aliphatic carbocycles. The fourth-order valence-electron chi connectivity index (χ4n) is 1.95. The van der Waals surface area contributed by atoms with E-state index in [1.807, 2.05) is 6.92 Å². The lowest BCUT2D eigenvalue weighted by Gasteiger charge is -2.22. The van der Waals surface area contributed by atoms with Gasteiger partial charge >= 0.3 is 0 Å². The Balaban J connectivity index is 1.79. The van der Waals surface area contributed by atoms with E-state index in [9.17, 15) is 4.79 Å². The first kappa shape index (κ1) is 11.1. The molecule has 0 saturated carbocycles. The van der Waals surface area contributed by atoms with Crippen molar-refractivity contribution in [2.45, 2.75) is 19.8 Å². The van der Waals surface area contributed by atoms with Crippen LogP contribution in [-0.4, -0.2) is 35.7 Å². The van der Waals surface area contributed by atoms with Crippen molar-refractivity contribution in [3.8, 4) is 0 Å². The first-order valence-corrected chi connectivity index (χ1v) is 5.76. The Bertz CT molecular complexity index is 355. The van der Waals surface area contributed by atoms with Crippen molar-refractivity contribution in [3.63, 3.8) is 0 Å². The second kappa shape index (κ2) is 5.12. The van der Waals surface area contributed by atoms with Crippen LogP contribution >= 0.6 is 0 Å². The summed E-state index contributed by atoms with van der Waals surface area (Å²) in [6.45, 7) is 4.76. The molecule has 1 fully saturated rings. The second-order valence-electron chi connectivity index (χ2n) is 4.34. The van der Waals surface area contributed by atoms with Crippen molar-refractivity contribution < 1.29 is 4.79 Å². The predicted molar refractivity (Wildman–Crippen MR) is 61.3 cm³/mol. The van der Waals surface area contributed by atoms with E-state index in [-0.39, 0.29) is 5.91 Å². The summed E-state index contributed by atoms with van der Waals surface area (Å²) in [5.74, 6) is 0.521. The highest BCUT2D eigenvalue weighted by atomic mass is 16.1. The Labute approximate surface area is 95.0 Å². The summed E-state index contributed by atoms with van der Waals surface area (Å²) in [5.41, 5.74) is 1.39. The molecule has 1 amide bonds. The first-order chi connectivity index (χ1) is 7.75. The zero-order chi connectivity index (χ0) is 11.4. The van der Waals surface area contributed by atoms with Crippen molar-refractivity contribution >= 4 is 5.91 Å². The number of hydrogen-bond acceptors (Lipinski definition) is 3. The number of nitrogens with one attached hydrogen (secondary N) is 3. The monoisotopic (exact) mass is 222 g/mol. The Kier molecular flexibility index (Phi) is 3.56. The van der Waals surface area contributed by atoms with Crippen LogP contribution in [0.4, 0.5) is 0 Å². The van der Waals surface area contributed by atoms with Crippen LogP contribution in [0, 0.1) is 12.8 Å². The number of piperidine rings is 1. The average Bonchev–Trinajstić information content (AvgIpc) is 2.74. The molecular formula is C11H18N4O. The maximum atomic E-state index is 11.7. The molecule has 88 valence electrons. The number of nitrogens with zero attached hydrogens (tertiary/aromatic N) is 1. The first-order valence-electron chi connectivity index (χ1n) is 5.76. The van der Waals surface area contributed by atoms with Crippen LogP contribution in [0.25, 0.3) is 0 Å². The van der Waals surface area contributed by atoms with Gasteiger partial charge in [-0.2, -0.15) is 5.10 Å². The van der Waals surface area contributed by atoms with Gasteiger partial charge in [0.15, 0.2) is 0 Å². The van der Waals surface area contributed by atoms with Crippen LogP contribution in [0.15, 0.2) is 6.07 Å². The summed E-state index contributed by atoms with van der Waals surface area (Å²) < 4.78 is 0. The van der Waals surface area contributed by atoms with E-state index >= 15 is 0 Å². The Morgan fingerprint density at radius 3 is 2.94 bits per heavy atom. The molecule has 2 heterocycles. The average molecular weight is 222 g/mol. The number of rotatable bonds is 3. The molecule has 0 bridgehead atoms. The molecule has 0 spiro atoms. The van der Waals surface area contributed by atoms with Crippen molar-refractivity contribution in [2.24, 2.45) is 5.92 Å². The molecule has 16 heavy (non-hydrogen) atoms. The van der Waals surface area contributed by atoms with Crippen LogP contribution < -0.4 is 10.6 Å². The largest absolute Gasteiger partial charge is 0.350 e. The van der Waals surface area contributed by atoms with Crippen molar-refractivity contribution in [2.75, 3.05) is 19.6 Å². The fourth-order valence-corrected chi connectivity index (χ4v) is 1.95. The van der Waals surface area contributed by atoms with E-state index in [1.165, 1.54) is 0 Å². The number of aromatic nitrogens is 2. The molecule has 2 rings (SSSR count). The quantitative estimate of drug-likeness (QED) is 0.695. The molecule has 1 aromatic heterocycles.